The van der Waals surface area contributed by atoms with E-state index in [4.69, 9.17) is 11.6 Å². The number of pyridine rings is 1. The Hall–Kier alpha value is -2.62. The van der Waals surface area contributed by atoms with Crippen LogP contribution in [-0.2, 0) is 9.59 Å². The van der Waals surface area contributed by atoms with E-state index >= 15 is 0 Å². The van der Waals surface area contributed by atoms with Crippen LogP contribution in [0.15, 0.2) is 30.7 Å². The third-order valence-electron chi connectivity index (χ3n) is 4.50. The van der Waals surface area contributed by atoms with Crippen LogP contribution in [-0.4, -0.2) is 57.3 Å². The first-order chi connectivity index (χ1) is 13.2. The number of aromatic nitrogens is 3. The van der Waals surface area contributed by atoms with Crippen LogP contribution in [0.5, 0.6) is 0 Å². The van der Waals surface area contributed by atoms with Gasteiger partial charge in [0, 0.05) is 25.8 Å². The summed E-state index contributed by atoms with van der Waals surface area (Å²) >= 11 is 6.20. The third-order valence-corrected chi connectivity index (χ3v) is 4.77. The lowest BCUT2D eigenvalue weighted by atomic mass is 10.1. The molecule has 0 aromatic carbocycles. The number of alkyl halides is 3. The normalized spacial score (nSPS) is 17.0. The van der Waals surface area contributed by atoms with Crippen molar-refractivity contribution in [3.05, 3.63) is 35.9 Å². The number of anilines is 1. The van der Waals surface area contributed by atoms with E-state index in [1.165, 1.54) is 9.58 Å². The highest BCUT2D eigenvalue weighted by molar-refractivity contribution is 6.32. The Balaban J connectivity index is 1.78. The summed E-state index contributed by atoms with van der Waals surface area (Å²) in [6.07, 6.45) is -0.0509. The van der Waals surface area contributed by atoms with E-state index in [1.54, 1.807) is 37.6 Å². The molecule has 0 radical (unpaired) electrons. The first-order valence-electron chi connectivity index (χ1n) is 8.55. The van der Waals surface area contributed by atoms with Crippen LogP contribution in [0.25, 0.3) is 5.69 Å². The van der Waals surface area contributed by atoms with Gasteiger partial charge in [-0.3, -0.25) is 14.6 Å². The van der Waals surface area contributed by atoms with Gasteiger partial charge in [0.2, 0.25) is 5.91 Å². The highest BCUT2D eigenvalue weighted by atomic mass is 35.5. The topological polar surface area (TPSA) is 71.3 Å². The zero-order valence-corrected chi connectivity index (χ0v) is 15.6. The van der Waals surface area contributed by atoms with E-state index in [-0.39, 0.29) is 31.2 Å². The Kier molecular flexibility index (Phi) is 5.59. The van der Waals surface area contributed by atoms with E-state index < -0.39 is 23.9 Å². The lowest BCUT2D eigenvalue weighted by molar-refractivity contribution is -0.184. The van der Waals surface area contributed by atoms with Crippen LogP contribution in [0.1, 0.15) is 13.3 Å². The lowest BCUT2D eigenvalue weighted by Crippen LogP contribution is -2.42. The predicted molar refractivity (Wildman–Crippen MR) is 95.1 cm³/mol. The van der Waals surface area contributed by atoms with E-state index in [9.17, 15) is 22.8 Å². The van der Waals surface area contributed by atoms with Gasteiger partial charge in [-0.25, -0.2) is 4.68 Å². The fourth-order valence-electron chi connectivity index (χ4n) is 3.14. The molecule has 3 heterocycles. The average Bonchev–Trinajstić information content (AvgIpc) is 3.29. The Bertz CT molecular complexity index is 871. The summed E-state index contributed by atoms with van der Waals surface area (Å²) < 4.78 is 39.3. The largest absolute Gasteiger partial charge is 0.471 e. The van der Waals surface area contributed by atoms with Crippen molar-refractivity contribution in [1.82, 2.24) is 19.7 Å². The summed E-state index contributed by atoms with van der Waals surface area (Å²) in [6.45, 7) is 1.58. The van der Waals surface area contributed by atoms with Gasteiger partial charge < -0.3 is 9.80 Å². The van der Waals surface area contributed by atoms with Gasteiger partial charge in [-0.15, -0.1) is 0 Å². The second-order valence-electron chi connectivity index (χ2n) is 6.28. The molecule has 0 aliphatic carbocycles. The van der Waals surface area contributed by atoms with Crippen molar-refractivity contribution in [3.63, 3.8) is 0 Å². The summed E-state index contributed by atoms with van der Waals surface area (Å²) in [5, 5.41) is 4.25. The summed E-state index contributed by atoms with van der Waals surface area (Å²) in [7, 11) is 0. The summed E-state index contributed by atoms with van der Waals surface area (Å²) in [5.41, 5.74) is 0.987. The molecule has 28 heavy (non-hydrogen) atoms. The molecule has 0 N–H and O–H groups in total. The molecule has 1 atom stereocenters. The van der Waals surface area contributed by atoms with Gasteiger partial charge in [0.05, 0.1) is 24.0 Å². The molecule has 1 fully saturated rings. The molecule has 1 unspecified atom stereocenters. The van der Waals surface area contributed by atoms with E-state index in [0.29, 0.717) is 16.3 Å². The van der Waals surface area contributed by atoms with Gasteiger partial charge in [-0.05, 0) is 25.5 Å². The molecule has 1 saturated heterocycles. The number of amides is 2. The first kappa shape index (κ1) is 20.1. The van der Waals surface area contributed by atoms with Crippen molar-refractivity contribution in [2.24, 2.45) is 5.92 Å². The van der Waals surface area contributed by atoms with Crippen LogP contribution in [0.4, 0.5) is 18.9 Å². The second-order valence-corrected chi connectivity index (χ2v) is 6.64. The summed E-state index contributed by atoms with van der Waals surface area (Å²) in [4.78, 5) is 30.3. The minimum absolute atomic E-state index is 0.0836. The number of likely N-dealkylation sites (tertiary alicyclic amines) is 1. The molecule has 3 rings (SSSR count). The summed E-state index contributed by atoms with van der Waals surface area (Å²) in [5.74, 6) is -3.05. The number of hydrogen-bond donors (Lipinski definition) is 0. The van der Waals surface area contributed by atoms with Crippen LogP contribution >= 0.6 is 11.6 Å². The molecule has 1 aliphatic rings. The van der Waals surface area contributed by atoms with Gasteiger partial charge in [-0.2, -0.15) is 18.3 Å². The van der Waals surface area contributed by atoms with Gasteiger partial charge in [0.25, 0.3) is 0 Å². The fraction of sp³-hybridized carbons (Fsp3) is 0.412. The fourth-order valence-corrected chi connectivity index (χ4v) is 3.37. The Morgan fingerprint density at radius 3 is 2.75 bits per heavy atom. The smallest absolute Gasteiger partial charge is 0.334 e. The molecular weight excluding hydrogens is 399 g/mol. The molecule has 2 aromatic rings. The van der Waals surface area contributed by atoms with Crippen LogP contribution in [0, 0.1) is 5.92 Å². The Morgan fingerprint density at radius 1 is 1.39 bits per heavy atom. The van der Waals surface area contributed by atoms with Crippen LogP contribution in [0.3, 0.4) is 0 Å². The zero-order valence-electron chi connectivity index (χ0n) is 14.9. The predicted octanol–water partition coefficient (Wildman–Crippen LogP) is 2.68. The minimum Gasteiger partial charge on any atom is -0.334 e. The second kappa shape index (κ2) is 7.78. The van der Waals surface area contributed by atoms with Crippen molar-refractivity contribution in [3.8, 4) is 5.69 Å². The standard InChI is InChI=1S/C17H17ClF3N5O2/c1-2-25(13-10-26(23-14(13)18)12-4-3-6-22-8-12)15(27)11-5-7-24(9-11)16(28)17(19,20)21/h3-4,6,8,10-11H,2,5,7,9H2,1H3. The van der Waals surface area contributed by atoms with Crippen LogP contribution < -0.4 is 4.90 Å². The Morgan fingerprint density at radius 2 is 2.14 bits per heavy atom. The average molecular weight is 416 g/mol. The first-order valence-corrected chi connectivity index (χ1v) is 8.93. The Labute approximate surface area is 163 Å². The SMILES string of the molecule is CCN(C(=O)C1CCN(C(=O)C(F)(F)F)C1)c1cn(-c2cccnc2)nc1Cl. The molecule has 1 aliphatic heterocycles. The quantitative estimate of drug-likeness (QED) is 0.769. The van der Waals surface area contributed by atoms with Crippen molar-refractivity contribution in [2.45, 2.75) is 19.5 Å². The van der Waals surface area contributed by atoms with Gasteiger partial charge in [0.15, 0.2) is 5.15 Å². The van der Waals surface area contributed by atoms with E-state index in [2.05, 4.69) is 10.1 Å². The van der Waals surface area contributed by atoms with Crippen molar-refractivity contribution < 1.29 is 22.8 Å². The van der Waals surface area contributed by atoms with Crippen LogP contribution in [0.2, 0.25) is 5.15 Å². The van der Waals surface area contributed by atoms with Gasteiger partial charge in [0.1, 0.15) is 5.69 Å². The van der Waals surface area contributed by atoms with Crippen molar-refractivity contribution in [2.75, 3.05) is 24.5 Å². The highest BCUT2D eigenvalue weighted by Crippen LogP contribution is 2.30. The maximum Gasteiger partial charge on any atom is 0.471 e. The van der Waals surface area contributed by atoms with Gasteiger partial charge in [-0.1, -0.05) is 11.6 Å². The van der Waals surface area contributed by atoms with E-state index in [0.717, 1.165) is 0 Å². The molecule has 7 nitrogen and oxygen atoms in total. The number of hydrogen-bond acceptors (Lipinski definition) is 4. The third kappa shape index (κ3) is 3.96. The number of carbonyl (C=O) groups is 2. The molecule has 0 bridgehead atoms. The highest BCUT2D eigenvalue weighted by Gasteiger charge is 2.46. The van der Waals surface area contributed by atoms with Crippen molar-refractivity contribution in [1.29, 1.82) is 0 Å². The number of carbonyl (C=O) groups excluding carboxylic acids is 2. The maximum absolute atomic E-state index is 12.9. The minimum atomic E-state index is -4.95. The zero-order chi connectivity index (χ0) is 20.5. The molecule has 0 spiro atoms. The maximum atomic E-state index is 12.9. The van der Waals surface area contributed by atoms with Crippen molar-refractivity contribution >= 4 is 29.1 Å². The molecule has 2 amide bonds. The molecule has 11 heteroatoms. The van der Waals surface area contributed by atoms with E-state index in [1.807, 2.05) is 0 Å². The molecule has 0 saturated carbocycles. The number of nitrogens with zero attached hydrogens (tertiary/aromatic N) is 5. The molecule has 2 aromatic heterocycles. The number of rotatable bonds is 4. The van der Waals surface area contributed by atoms with Gasteiger partial charge >= 0.3 is 12.1 Å². The lowest BCUT2D eigenvalue weighted by Gasteiger charge is -2.23. The monoisotopic (exact) mass is 415 g/mol. The number of halogens is 4. The molecule has 150 valence electrons. The molecular formula is C17H17ClF3N5O2. The summed E-state index contributed by atoms with van der Waals surface area (Å²) in [6, 6.07) is 3.48.